The quantitative estimate of drug-likeness (QED) is 0.737. The summed E-state index contributed by atoms with van der Waals surface area (Å²) in [5.41, 5.74) is 0. The van der Waals surface area contributed by atoms with E-state index in [1.807, 2.05) is 13.8 Å². The van der Waals surface area contributed by atoms with Crippen molar-refractivity contribution in [1.82, 2.24) is 15.5 Å². The zero-order valence-corrected chi connectivity index (χ0v) is 12.2. The van der Waals surface area contributed by atoms with Crippen molar-refractivity contribution in [2.24, 2.45) is 0 Å². The molecule has 0 radical (unpaired) electrons. The minimum absolute atomic E-state index is 0. The van der Waals surface area contributed by atoms with Crippen LogP contribution in [0.5, 0.6) is 0 Å². The van der Waals surface area contributed by atoms with Crippen LogP contribution in [0.15, 0.2) is 0 Å². The molecule has 0 aromatic carbocycles. The van der Waals surface area contributed by atoms with Gasteiger partial charge in [-0.2, -0.15) is 0 Å². The molecule has 1 rings (SSSR count). The Labute approximate surface area is 115 Å². The average Bonchev–Trinajstić information content (AvgIpc) is 2.72. The number of amides is 2. The minimum atomic E-state index is -0.541. The number of carbonyl (C=O) groups excluding carboxylic acids is 2. The van der Waals surface area contributed by atoms with Crippen LogP contribution in [0.25, 0.3) is 0 Å². The monoisotopic (exact) mass is 277 g/mol. The lowest BCUT2D eigenvalue weighted by Crippen LogP contribution is -2.46. The van der Waals surface area contributed by atoms with Crippen molar-refractivity contribution in [1.29, 1.82) is 0 Å². The van der Waals surface area contributed by atoms with Gasteiger partial charge in [0.2, 0.25) is 0 Å². The third-order valence-electron chi connectivity index (χ3n) is 3.03. The van der Waals surface area contributed by atoms with Gasteiger partial charge in [-0.05, 0) is 39.8 Å². The van der Waals surface area contributed by atoms with Crippen molar-refractivity contribution in [3.05, 3.63) is 0 Å². The van der Waals surface area contributed by atoms with E-state index in [9.17, 15) is 9.59 Å². The molecular formula is C12H24ClN3O2. The van der Waals surface area contributed by atoms with Crippen LogP contribution in [0.3, 0.4) is 0 Å². The van der Waals surface area contributed by atoms with Crippen LogP contribution < -0.4 is 10.6 Å². The van der Waals surface area contributed by atoms with Gasteiger partial charge >= 0.3 is 11.8 Å². The van der Waals surface area contributed by atoms with Gasteiger partial charge in [-0.3, -0.25) is 14.5 Å². The minimum Gasteiger partial charge on any atom is -0.346 e. The molecule has 5 nitrogen and oxygen atoms in total. The molecule has 1 aliphatic rings. The van der Waals surface area contributed by atoms with E-state index in [4.69, 9.17) is 0 Å². The van der Waals surface area contributed by atoms with Gasteiger partial charge in [0.1, 0.15) is 0 Å². The van der Waals surface area contributed by atoms with E-state index in [2.05, 4.69) is 22.5 Å². The van der Waals surface area contributed by atoms with Gasteiger partial charge in [0, 0.05) is 18.6 Å². The summed E-state index contributed by atoms with van der Waals surface area (Å²) in [4.78, 5) is 25.2. The molecule has 1 atom stereocenters. The zero-order valence-electron chi connectivity index (χ0n) is 11.4. The van der Waals surface area contributed by atoms with Crippen LogP contribution in [0, 0.1) is 0 Å². The van der Waals surface area contributed by atoms with Crippen LogP contribution in [0.4, 0.5) is 0 Å². The third-order valence-corrected chi connectivity index (χ3v) is 3.03. The molecule has 2 amide bonds. The fraction of sp³-hybridized carbons (Fsp3) is 0.833. The van der Waals surface area contributed by atoms with Crippen LogP contribution in [0.2, 0.25) is 0 Å². The number of likely N-dealkylation sites (tertiary alicyclic amines) is 1. The Bertz CT molecular complexity index is 284. The topological polar surface area (TPSA) is 61.4 Å². The van der Waals surface area contributed by atoms with Crippen LogP contribution in [-0.2, 0) is 9.59 Å². The summed E-state index contributed by atoms with van der Waals surface area (Å²) >= 11 is 0. The number of nitrogens with zero attached hydrogens (tertiary/aromatic N) is 1. The molecule has 0 spiro atoms. The SMILES string of the molecule is CCN1CCCC1CNC(=O)C(=O)NC(C)C.Cl. The largest absolute Gasteiger partial charge is 0.346 e. The van der Waals surface area contributed by atoms with Gasteiger partial charge in [0.15, 0.2) is 0 Å². The molecule has 0 aliphatic carbocycles. The fourth-order valence-electron chi connectivity index (χ4n) is 2.16. The highest BCUT2D eigenvalue weighted by Crippen LogP contribution is 2.15. The first-order valence-electron chi connectivity index (χ1n) is 6.37. The molecule has 106 valence electrons. The predicted octanol–water partition coefficient (Wildman–Crippen LogP) is 0.533. The number of hydrogen-bond acceptors (Lipinski definition) is 3. The Morgan fingerprint density at radius 1 is 1.33 bits per heavy atom. The van der Waals surface area contributed by atoms with E-state index >= 15 is 0 Å². The van der Waals surface area contributed by atoms with Gasteiger partial charge in [0.25, 0.3) is 0 Å². The van der Waals surface area contributed by atoms with E-state index < -0.39 is 11.8 Å². The molecule has 1 heterocycles. The summed E-state index contributed by atoms with van der Waals surface area (Å²) in [6.07, 6.45) is 2.27. The van der Waals surface area contributed by atoms with E-state index in [1.165, 1.54) is 6.42 Å². The first kappa shape index (κ1) is 17.2. The van der Waals surface area contributed by atoms with Crippen LogP contribution >= 0.6 is 12.4 Å². The van der Waals surface area contributed by atoms with Crippen molar-refractivity contribution in [2.45, 2.75) is 45.7 Å². The second-order valence-corrected chi connectivity index (χ2v) is 4.76. The zero-order chi connectivity index (χ0) is 12.8. The summed E-state index contributed by atoms with van der Waals surface area (Å²) in [5.74, 6) is -1.07. The first-order valence-corrected chi connectivity index (χ1v) is 6.37. The lowest BCUT2D eigenvalue weighted by atomic mass is 10.2. The molecule has 18 heavy (non-hydrogen) atoms. The Hall–Kier alpha value is -0.810. The van der Waals surface area contributed by atoms with E-state index in [0.29, 0.717) is 12.6 Å². The smallest absolute Gasteiger partial charge is 0.309 e. The van der Waals surface area contributed by atoms with Gasteiger partial charge < -0.3 is 10.6 Å². The Kier molecular flexibility index (Phi) is 7.95. The molecule has 1 saturated heterocycles. The Morgan fingerprint density at radius 3 is 2.56 bits per heavy atom. The number of nitrogens with one attached hydrogen (secondary N) is 2. The van der Waals surface area contributed by atoms with Crippen molar-refractivity contribution < 1.29 is 9.59 Å². The summed E-state index contributed by atoms with van der Waals surface area (Å²) in [7, 11) is 0. The van der Waals surface area contributed by atoms with Gasteiger partial charge in [-0.25, -0.2) is 0 Å². The molecule has 2 N–H and O–H groups in total. The van der Waals surface area contributed by atoms with E-state index in [-0.39, 0.29) is 18.4 Å². The number of halogens is 1. The summed E-state index contributed by atoms with van der Waals surface area (Å²) in [6.45, 7) is 8.44. The molecular weight excluding hydrogens is 254 g/mol. The highest BCUT2D eigenvalue weighted by atomic mass is 35.5. The van der Waals surface area contributed by atoms with Crippen molar-refractivity contribution >= 4 is 24.2 Å². The normalized spacial score (nSPS) is 19.4. The first-order chi connectivity index (χ1) is 8.04. The highest BCUT2D eigenvalue weighted by Gasteiger charge is 2.24. The number of hydrogen-bond donors (Lipinski definition) is 2. The van der Waals surface area contributed by atoms with E-state index in [0.717, 1.165) is 19.5 Å². The lowest BCUT2D eigenvalue weighted by Gasteiger charge is -2.22. The Morgan fingerprint density at radius 2 is 2.00 bits per heavy atom. The van der Waals surface area contributed by atoms with Crippen LogP contribution in [0.1, 0.15) is 33.6 Å². The van der Waals surface area contributed by atoms with Crippen LogP contribution in [-0.4, -0.2) is 48.4 Å². The number of carbonyl (C=O) groups is 2. The molecule has 0 aromatic rings. The number of likely N-dealkylation sites (N-methyl/N-ethyl adjacent to an activating group) is 1. The fourth-order valence-corrected chi connectivity index (χ4v) is 2.16. The third kappa shape index (κ3) is 5.23. The molecule has 6 heteroatoms. The maximum atomic E-state index is 11.5. The molecule has 0 saturated carbocycles. The molecule has 1 aliphatic heterocycles. The predicted molar refractivity (Wildman–Crippen MR) is 73.8 cm³/mol. The summed E-state index contributed by atoms with van der Waals surface area (Å²) < 4.78 is 0. The second kappa shape index (κ2) is 8.32. The maximum Gasteiger partial charge on any atom is 0.309 e. The summed E-state index contributed by atoms with van der Waals surface area (Å²) in [6, 6.07) is 0.377. The molecule has 1 unspecified atom stereocenters. The van der Waals surface area contributed by atoms with Gasteiger partial charge in [-0.15, -0.1) is 12.4 Å². The van der Waals surface area contributed by atoms with Gasteiger partial charge in [0.05, 0.1) is 0 Å². The average molecular weight is 278 g/mol. The summed E-state index contributed by atoms with van der Waals surface area (Å²) in [5, 5.41) is 5.28. The number of rotatable bonds is 4. The highest BCUT2D eigenvalue weighted by molar-refractivity contribution is 6.35. The maximum absolute atomic E-state index is 11.5. The van der Waals surface area contributed by atoms with Crippen molar-refractivity contribution in [3.8, 4) is 0 Å². The standard InChI is InChI=1S/C12H23N3O2.ClH/c1-4-15-7-5-6-10(15)8-13-11(16)12(17)14-9(2)3;/h9-10H,4-8H2,1-3H3,(H,13,16)(H,14,17);1H. The van der Waals surface area contributed by atoms with E-state index in [1.54, 1.807) is 0 Å². The molecule has 0 bridgehead atoms. The molecule has 1 fully saturated rings. The van der Waals surface area contributed by atoms with Crippen molar-refractivity contribution in [3.63, 3.8) is 0 Å². The Balaban J connectivity index is 0.00000289. The van der Waals surface area contributed by atoms with Gasteiger partial charge in [-0.1, -0.05) is 6.92 Å². The van der Waals surface area contributed by atoms with Crippen molar-refractivity contribution in [2.75, 3.05) is 19.6 Å². The molecule has 0 aromatic heterocycles. The lowest BCUT2D eigenvalue weighted by molar-refractivity contribution is -0.139. The second-order valence-electron chi connectivity index (χ2n) is 4.76.